The van der Waals surface area contributed by atoms with Gasteiger partial charge in [-0.2, -0.15) is 0 Å². The first kappa shape index (κ1) is 24.8. The van der Waals surface area contributed by atoms with Crippen molar-refractivity contribution in [2.24, 2.45) is 5.92 Å². The van der Waals surface area contributed by atoms with E-state index in [4.69, 9.17) is 0 Å². The minimum absolute atomic E-state index is 0.0879. The first-order chi connectivity index (χ1) is 16.1. The van der Waals surface area contributed by atoms with E-state index in [0.29, 0.717) is 0 Å². The van der Waals surface area contributed by atoms with Crippen molar-refractivity contribution >= 4 is 0 Å². The minimum atomic E-state index is -0.568. The molecule has 34 heavy (non-hydrogen) atoms. The molecule has 4 unspecified atom stereocenters. The average molecular weight is 467 g/mol. The molecule has 2 aliphatic rings. The second-order valence-corrected chi connectivity index (χ2v) is 11.4. The Morgan fingerprint density at radius 1 is 0.735 bits per heavy atom. The normalized spacial score (nSPS) is 29.5. The van der Waals surface area contributed by atoms with Gasteiger partial charge in [0, 0.05) is 28.7 Å². The molecule has 2 aromatic rings. The third-order valence-corrected chi connectivity index (χ3v) is 9.10. The molecule has 0 amide bonds. The summed E-state index contributed by atoms with van der Waals surface area (Å²) < 4.78 is 0. The third kappa shape index (κ3) is 3.39. The molecule has 4 rings (SSSR count). The smallest absolute Gasteiger partial charge is 0.123 e. The van der Waals surface area contributed by atoms with Crippen LogP contribution in [0.3, 0.4) is 0 Å². The van der Waals surface area contributed by atoms with E-state index in [0.717, 1.165) is 80.0 Å². The molecule has 4 heteroatoms. The molecule has 0 heterocycles. The number of phenolic OH excluding ortho intramolecular Hbond substituents is 4. The second kappa shape index (κ2) is 8.70. The number of benzene rings is 2. The van der Waals surface area contributed by atoms with E-state index in [1.54, 1.807) is 0 Å². The van der Waals surface area contributed by atoms with Crippen LogP contribution in [-0.2, 0) is 16.2 Å². The lowest BCUT2D eigenvalue weighted by Gasteiger charge is -2.42. The molecule has 186 valence electrons. The molecule has 0 bridgehead atoms. The molecule has 2 aromatic carbocycles. The predicted molar refractivity (Wildman–Crippen MR) is 137 cm³/mol. The van der Waals surface area contributed by atoms with Gasteiger partial charge in [-0.3, -0.25) is 0 Å². The molecule has 4 nitrogen and oxygen atoms in total. The fraction of sp³-hybridized carbons (Fsp3) is 0.600. The Morgan fingerprint density at radius 3 is 1.82 bits per heavy atom. The van der Waals surface area contributed by atoms with Crippen molar-refractivity contribution < 1.29 is 20.4 Å². The summed E-state index contributed by atoms with van der Waals surface area (Å²) in [6.45, 7) is 11.2. The van der Waals surface area contributed by atoms with Crippen molar-refractivity contribution in [2.45, 2.75) is 109 Å². The van der Waals surface area contributed by atoms with Crippen molar-refractivity contribution in [3.63, 3.8) is 0 Å². The van der Waals surface area contributed by atoms with Gasteiger partial charge in [-0.1, -0.05) is 66.7 Å². The van der Waals surface area contributed by atoms with Gasteiger partial charge in [-0.25, -0.2) is 0 Å². The second-order valence-electron chi connectivity index (χ2n) is 11.4. The van der Waals surface area contributed by atoms with Gasteiger partial charge in [0.05, 0.1) is 0 Å². The van der Waals surface area contributed by atoms with E-state index in [9.17, 15) is 20.4 Å². The van der Waals surface area contributed by atoms with Gasteiger partial charge in [-0.15, -0.1) is 0 Å². The standard InChI is InChI=1S/C30H42O4/c1-6-9-12-28(4)18-30(26-21(28)14-19(31)16-23(26)33)25(11-8-3)29(5,13-10-7-2)22-15-20(32)17-24(34)27(22)30/h14-17,25,31-34H,6-13,18H2,1-5H3. The summed E-state index contributed by atoms with van der Waals surface area (Å²) in [6, 6.07) is 6.64. The Labute approximate surface area is 204 Å². The van der Waals surface area contributed by atoms with Crippen molar-refractivity contribution in [3.05, 3.63) is 46.5 Å². The number of hydrogen-bond donors (Lipinski definition) is 4. The monoisotopic (exact) mass is 466 g/mol. The quantitative estimate of drug-likeness (QED) is 0.324. The number of phenols is 4. The lowest BCUT2D eigenvalue weighted by atomic mass is 9.60. The number of rotatable bonds is 8. The zero-order valence-corrected chi connectivity index (χ0v) is 21.5. The number of unbranched alkanes of at least 4 members (excludes halogenated alkanes) is 2. The predicted octanol–water partition coefficient (Wildman–Crippen LogP) is 7.52. The molecule has 0 saturated carbocycles. The van der Waals surface area contributed by atoms with Crippen LogP contribution >= 0.6 is 0 Å². The number of hydrogen-bond acceptors (Lipinski definition) is 4. The lowest BCUT2D eigenvalue weighted by molar-refractivity contribution is 0.172. The van der Waals surface area contributed by atoms with Gasteiger partial charge in [0.1, 0.15) is 23.0 Å². The minimum Gasteiger partial charge on any atom is -0.508 e. The summed E-state index contributed by atoms with van der Waals surface area (Å²) >= 11 is 0. The zero-order valence-electron chi connectivity index (χ0n) is 21.5. The summed E-state index contributed by atoms with van der Waals surface area (Å²) in [4.78, 5) is 0. The largest absolute Gasteiger partial charge is 0.508 e. The summed E-state index contributed by atoms with van der Waals surface area (Å²) in [5.41, 5.74) is 2.75. The fourth-order valence-corrected chi connectivity index (χ4v) is 7.80. The highest BCUT2D eigenvalue weighted by Crippen LogP contribution is 2.71. The van der Waals surface area contributed by atoms with E-state index in [1.165, 1.54) is 12.1 Å². The van der Waals surface area contributed by atoms with Crippen LogP contribution in [0, 0.1) is 5.92 Å². The molecule has 0 radical (unpaired) electrons. The molecule has 0 fully saturated rings. The van der Waals surface area contributed by atoms with Crippen LogP contribution in [0.25, 0.3) is 0 Å². The van der Waals surface area contributed by atoms with Crippen LogP contribution in [0.1, 0.15) is 115 Å². The van der Waals surface area contributed by atoms with Crippen LogP contribution in [0.15, 0.2) is 24.3 Å². The molecule has 4 N–H and O–H groups in total. The maximum atomic E-state index is 11.4. The summed E-state index contributed by atoms with van der Waals surface area (Å²) in [6.07, 6.45) is 8.92. The van der Waals surface area contributed by atoms with Gasteiger partial charge in [0.15, 0.2) is 0 Å². The van der Waals surface area contributed by atoms with Crippen LogP contribution in [0.5, 0.6) is 23.0 Å². The van der Waals surface area contributed by atoms with Crippen LogP contribution in [0.4, 0.5) is 0 Å². The van der Waals surface area contributed by atoms with E-state index in [1.807, 2.05) is 12.1 Å². The van der Waals surface area contributed by atoms with Crippen molar-refractivity contribution in [1.29, 1.82) is 0 Å². The first-order valence-electron chi connectivity index (χ1n) is 13.2. The van der Waals surface area contributed by atoms with Gasteiger partial charge >= 0.3 is 0 Å². The lowest BCUT2D eigenvalue weighted by Crippen LogP contribution is -2.40. The van der Waals surface area contributed by atoms with Crippen molar-refractivity contribution in [2.75, 3.05) is 0 Å². The molecular weight excluding hydrogens is 424 g/mol. The molecule has 0 aliphatic heterocycles. The highest BCUT2D eigenvalue weighted by molar-refractivity contribution is 5.69. The van der Waals surface area contributed by atoms with E-state index >= 15 is 0 Å². The SMILES string of the molecule is CCCCC1(C)CC2(c3c(O)cc(O)cc31)c1c(O)cc(O)cc1C(C)(CCCC)C2CCC. The molecule has 1 spiro atoms. The highest BCUT2D eigenvalue weighted by Gasteiger charge is 2.65. The zero-order chi connectivity index (χ0) is 24.9. The van der Waals surface area contributed by atoms with Crippen molar-refractivity contribution in [1.82, 2.24) is 0 Å². The number of fused-ring (bicyclic) bond motifs is 4. The molecule has 0 saturated heterocycles. The van der Waals surface area contributed by atoms with E-state index in [-0.39, 0.29) is 39.7 Å². The van der Waals surface area contributed by atoms with Gasteiger partial charge < -0.3 is 20.4 Å². The Morgan fingerprint density at radius 2 is 1.26 bits per heavy atom. The van der Waals surface area contributed by atoms with Crippen LogP contribution in [-0.4, -0.2) is 20.4 Å². The van der Waals surface area contributed by atoms with E-state index in [2.05, 4.69) is 34.6 Å². The maximum absolute atomic E-state index is 11.4. The Kier molecular flexibility index (Phi) is 6.33. The summed E-state index contributed by atoms with van der Waals surface area (Å²) in [7, 11) is 0. The van der Waals surface area contributed by atoms with Gasteiger partial charge in [0.25, 0.3) is 0 Å². The van der Waals surface area contributed by atoms with Crippen LogP contribution < -0.4 is 0 Å². The maximum Gasteiger partial charge on any atom is 0.123 e. The number of aromatic hydroxyl groups is 4. The molecular formula is C30H42O4. The summed E-state index contributed by atoms with van der Waals surface area (Å²) in [5, 5.41) is 43.9. The summed E-state index contributed by atoms with van der Waals surface area (Å²) in [5.74, 6) is 0.582. The van der Waals surface area contributed by atoms with Gasteiger partial charge in [0.2, 0.25) is 0 Å². The topological polar surface area (TPSA) is 80.9 Å². The Balaban J connectivity index is 2.10. The fourth-order valence-electron chi connectivity index (χ4n) is 7.80. The van der Waals surface area contributed by atoms with Gasteiger partial charge in [-0.05, 0) is 65.7 Å². The molecule has 2 aliphatic carbocycles. The first-order valence-corrected chi connectivity index (χ1v) is 13.2. The Bertz CT molecular complexity index is 1060. The average Bonchev–Trinajstić information content (AvgIpc) is 3.13. The van der Waals surface area contributed by atoms with Crippen LogP contribution in [0.2, 0.25) is 0 Å². The highest BCUT2D eigenvalue weighted by atomic mass is 16.3. The third-order valence-electron chi connectivity index (χ3n) is 9.10. The van der Waals surface area contributed by atoms with E-state index < -0.39 is 5.41 Å². The Hall–Kier alpha value is -2.36. The molecule has 4 atom stereocenters. The van der Waals surface area contributed by atoms with Crippen molar-refractivity contribution in [3.8, 4) is 23.0 Å². The molecule has 0 aromatic heterocycles.